The van der Waals surface area contributed by atoms with Gasteiger partial charge < -0.3 is 15.5 Å². The molecule has 2 saturated heterocycles. The summed E-state index contributed by atoms with van der Waals surface area (Å²) in [6.45, 7) is 3.06. The molecule has 0 spiro atoms. The normalized spacial score (nSPS) is 26.6. The highest BCUT2D eigenvalue weighted by Gasteiger charge is 2.26. The summed E-state index contributed by atoms with van der Waals surface area (Å²) in [4.78, 5) is 25.9. The maximum Gasteiger partial charge on any atom is 0.239 e. The summed E-state index contributed by atoms with van der Waals surface area (Å²) in [5.74, 6) is 0.253. The van der Waals surface area contributed by atoms with Gasteiger partial charge in [0.05, 0.1) is 6.04 Å². The van der Waals surface area contributed by atoms with Gasteiger partial charge in [-0.3, -0.25) is 9.59 Å². The minimum atomic E-state index is -0.0202. The van der Waals surface area contributed by atoms with E-state index in [9.17, 15) is 9.59 Å². The lowest BCUT2D eigenvalue weighted by Gasteiger charge is -2.25. The summed E-state index contributed by atoms with van der Waals surface area (Å²) in [5.41, 5.74) is 0. The van der Waals surface area contributed by atoms with Crippen LogP contribution in [0.5, 0.6) is 0 Å². The quantitative estimate of drug-likeness (QED) is 0.733. The van der Waals surface area contributed by atoms with Gasteiger partial charge in [0.2, 0.25) is 11.8 Å². The van der Waals surface area contributed by atoms with Crippen LogP contribution in [-0.2, 0) is 9.59 Å². The SMILES string of the molecule is O=C1CCN(C(=O)C2CCCN2)CCCCCCN1. The molecule has 5 heteroatoms. The molecular formula is C14H25N3O2. The summed E-state index contributed by atoms with van der Waals surface area (Å²) < 4.78 is 0. The smallest absolute Gasteiger partial charge is 0.239 e. The number of nitrogens with one attached hydrogen (secondary N) is 2. The van der Waals surface area contributed by atoms with Gasteiger partial charge in [0, 0.05) is 26.1 Å². The van der Waals surface area contributed by atoms with Gasteiger partial charge in [0.1, 0.15) is 0 Å². The Morgan fingerprint density at radius 2 is 1.89 bits per heavy atom. The second-order valence-electron chi connectivity index (χ2n) is 5.49. The van der Waals surface area contributed by atoms with Crippen molar-refractivity contribution in [1.29, 1.82) is 0 Å². The zero-order valence-corrected chi connectivity index (χ0v) is 11.6. The third-order valence-corrected chi connectivity index (χ3v) is 3.96. The van der Waals surface area contributed by atoms with E-state index in [0.29, 0.717) is 13.0 Å². The first-order valence-electron chi connectivity index (χ1n) is 7.56. The van der Waals surface area contributed by atoms with Crippen molar-refractivity contribution in [2.75, 3.05) is 26.2 Å². The zero-order valence-electron chi connectivity index (χ0n) is 11.6. The number of carbonyl (C=O) groups excluding carboxylic acids is 2. The molecule has 108 valence electrons. The Labute approximate surface area is 115 Å². The lowest BCUT2D eigenvalue weighted by atomic mass is 10.1. The van der Waals surface area contributed by atoms with Crippen LogP contribution >= 0.6 is 0 Å². The molecule has 0 aromatic heterocycles. The molecule has 2 fully saturated rings. The van der Waals surface area contributed by atoms with Crippen LogP contribution in [0.2, 0.25) is 0 Å². The van der Waals surface area contributed by atoms with Crippen LogP contribution < -0.4 is 10.6 Å². The standard InChI is InChI=1S/C14H25N3O2/c18-13-7-11-17(10-4-2-1-3-8-16-13)14(19)12-6-5-9-15-12/h12,15H,1-11H2,(H,16,18). The predicted octanol–water partition coefficient (Wildman–Crippen LogP) is 0.647. The molecule has 2 heterocycles. The lowest BCUT2D eigenvalue weighted by molar-refractivity contribution is -0.133. The maximum absolute atomic E-state index is 12.4. The largest absolute Gasteiger partial charge is 0.356 e. The molecule has 0 aromatic carbocycles. The van der Waals surface area contributed by atoms with Gasteiger partial charge in [-0.1, -0.05) is 12.8 Å². The van der Waals surface area contributed by atoms with Crippen LogP contribution in [0, 0.1) is 0 Å². The minimum Gasteiger partial charge on any atom is -0.356 e. The molecule has 0 radical (unpaired) electrons. The molecule has 1 unspecified atom stereocenters. The summed E-state index contributed by atoms with van der Waals surface area (Å²) >= 11 is 0. The molecule has 2 rings (SSSR count). The van der Waals surface area contributed by atoms with Crippen LogP contribution in [0.4, 0.5) is 0 Å². The van der Waals surface area contributed by atoms with Crippen molar-refractivity contribution in [3.63, 3.8) is 0 Å². The van der Waals surface area contributed by atoms with E-state index in [-0.39, 0.29) is 17.9 Å². The number of carbonyl (C=O) groups is 2. The van der Waals surface area contributed by atoms with Crippen molar-refractivity contribution < 1.29 is 9.59 Å². The Kier molecular flexibility index (Phi) is 5.63. The van der Waals surface area contributed by atoms with Gasteiger partial charge in [-0.15, -0.1) is 0 Å². The molecule has 2 aliphatic heterocycles. The minimum absolute atomic E-state index is 0.0202. The highest BCUT2D eigenvalue weighted by Crippen LogP contribution is 2.11. The highest BCUT2D eigenvalue weighted by atomic mass is 16.2. The highest BCUT2D eigenvalue weighted by molar-refractivity contribution is 5.83. The molecule has 0 aromatic rings. The van der Waals surface area contributed by atoms with Crippen LogP contribution in [0.25, 0.3) is 0 Å². The van der Waals surface area contributed by atoms with Crippen LogP contribution in [0.3, 0.4) is 0 Å². The first kappa shape index (κ1) is 14.3. The van der Waals surface area contributed by atoms with E-state index < -0.39 is 0 Å². The van der Waals surface area contributed by atoms with Crippen LogP contribution in [-0.4, -0.2) is 48.9 Å². The average Bonchev–Trinajstić information content (AvgIpc) is 2.92. The van der Waals surface area contributed by atoms with Crippen molar-refractivity contribution in [2.24, 2.45) is 0 Å². The molecule has 0 aliphatic carbocycles. The fourth-order valence-corrected chi connectivity index (χ4v) is 2.78. The molecule has 2 amide bonds. The third kappa shape index (κ3) is 4.49. The van der Waals surface area contributed by atoms with E-state index in [1.54, 1.807) is 0 Å². The first-order valence-corrected chi connectivity index (χ1v) is 7.56. The Hall–Kier alpha value is -1.10. The van der Waals surface area contributed by atoms with Crippen molar-refractivity contribution in [2.45, 2.75) is 51.0 Å². The van der Waals surface area contributed by atoms with Crippen LogP contribution in [0.1, 0.15) is 44.9 Å². The molecule has 19 heavy (non-hydrogen) atoms. The van der Waals surface area contributed by atoms with E-state index in [4.69, 9.17) is 0 Å². The predicted molar refractivity (Wildman–Crippen MR) is 73.7 cm³/mol. The van der Waals surface area contributed by atoms with E-state index in [0.717, 1.165) is 58.2 Å². The van der Waals surface area contributed by atoms with Gasteiger partial charge in [-0.25, -0.2) is 0 Å². The van der Waals surface area contributed by atoms with Gasteiger partial charge in [-0.2, -0.15) is 0 Å². The number of amides is 2. The second kappa shape index (κ2) is 7.48. The lowest BCUT2D eigenvalue weighted by Crippen LogP contribution is -2.45. The number of rotatable bonds is 1. The van der Waals surface area contributed by atoms with Crippen molar-refractivity contribution in [1.82, 2.24) is 15.5 Å². The first-order chi connectivity index (χ1) is 9.27. The zero-order chi connectivity index (χ0) is 13.5. The van der Waals surface area contributed by atoms with Crippen molar-refractivity contribution in [3.05, 3.63) is 0 Å². The Bertz CT molecular complexity index is 314. The average molecular weight is 267 g/mol. The maximum atomic E-state index is 12.4. The van der Waals surface area contributed by atoms with Crippen LogP contribution in [0.15, 0.2) is 0 Å². The summed E-state index contributed by atoms with van der Waals surface area (Å²) in [5, 5.41) is 6.17. The number of nitrogens with zero attached hydrogens (tertiary/aromatic N) is 1. The van der Waals surface area contributed by atoms with Gasteiger partial charge in [0.25, 0.3) is 0 Å². The third-order valence-electron chi connectivity index (χ3n) is 3.96. The molecule has 0 saturated carbocycles. The number of hydrogen-bond donors (Lipinski definition) is 2. The van der Waals surface area contributed by atoms with E-state index in [1.807, 2.05) is 4.90 Å². The monoisotopic (exact) mass is 267 g/mol. The fourth-order valence-electron chi connectivity index (χ4n) is 2.78. The molecule has 0 bridgehead atoms. The molecule has 1 atom stereocenters. The van der Waals surface area contributed by atoms with E-state index >= 15 is 0 Å². The molecule has 2 aliphatic rings. The Morgan fingerprint density at radius 1 is 1.05 bits per heavy atom. The Balaban J connectivity index is 1.90. The van der Waals surface area contributed by atoms with Gasteiger partial charge >= 0.3 is 0 Å². The second-order valence-corrected chi connectivity index (χ2v) is 5.49. The Morgan fingerprint density at radius 3 is 2.68 bits per heavy atom. The van der Waals surface area contributed by atoms with Gasteiger partial charge in [0.15, 0.2) is 0 Å². The van der Waals surface area contributed by atoms with Gasteiger partial charge in [-0.05, 0) is 32.2 Å². The molecule has 5 nitrogen and oxygen atoms in total. The molecular weight excluding hydrogens is 242 g/mol. The number of hydrogen-bond acceptors (Lipinski definition) is 3. The summed E-state index contributed by atoms with van der Waals surface area (Å²) in [6, 6.07) is -0.0202. The summed E-state index contributed by atoms with van der Waals surface area (Å²) in [6.07, 6.45) is 6.79. The summed E-state index contributed by atoms with van der Waals surface area (Å²) in [7, 11) is 0. The van der Waals surface area contributed by atoms with Crippen molar-refractivity contribution in [3.8, 4) is 0 Å². The van der Waals surface area contributed by atoms with E-state index in [2.05, 4.69) is 10.6 Å². The van der Waals surface area contributed by atoms with Crippen molar-refractivity contribution >= 4 is 11.8 Å². The van der Waals surface area contributed by atoms with E-state index in [1.165, 1.54) is 0 Å². The fraction of sp³-hybridized carbons (Fsp3) is 0.857. The molecule has 2 N–H and O–H groups in total. The topological polar surface area (TPSA) is 61.4 Å².